The molecule has 2 amide bonds. The molecule has 12 heteroatoms. The molecular formula is C18H21F3N4O5. The lowest BCUT2D eigenvalue weighted by Gasteiger charge is -2.22. The first-order chi connectivity index (χ1) is 13.9. The molecule has 1 aromatic carbocycles. The normalized spacial score (nSPS) is 11.8. The molecule has 0 fully saturated rings. The molecular weight excluding hydrogens is 409 g/mol. The monoisotopic (exact) mass is 430 g/mol. The van der Waals surface area contributed by atoms with Gasteiger partial charge in [0.2, 0.25) is 5.82 Å². The molecule has 0 bridgehead atoms. The maximum Gasteiger partial charge on any atom is 0.471 e. The third kappa shape index (κ3) is 6.72. The summed E-state index contributed by atoms with van der Waals surface area (Å²) in [6.07, 6.45) is -5.47. The van der Waals surface area contributed by atoms with E-state index in [2.05, 4.69) is 20.0 Å². The summed E-state index contributed by atoms with van der Waals surface area (Å²) in [6.45, 7) is 4.77. The van der Waals surface area contributed by atoms with Gasteiger partial charge in [-0.05, 0) is 26.3 Å². The van der Waals surface area contributed by atoms with E-state index >= 15 is 0 Å². The summed E-state index contributed by atoms with van der Waals surface area (Å²) in [4.78, 5) is 32.2. The molecule has 2 rings (SSSR count). The number of nitrogens with zero attached hydrogens (tertiary/aromatic N) is 3. The van der Waals surface area contributed by atoms with Crippen molar-refractivity contribution < 1.29 is 36.9 Å². The van der Waals surface area contributed by atoms with Crippen LogP contribution in [-0.2, 0) is 27.1 Å². The number of alkyl carbamates (subject to hydrolysis) is 1. The van der Waals surface area contributed by atoms with Gasteiger partial charge in [-0.3, -0.25) is 9.63 Å². The lowest BCUT2D eigenvalue weighted by Crippen LogP contribution is -2.41. The largest absolute Gasteiger partial charge is 0.471 e. The van der Waals surface area contributed by atoms with Crippen molar-refractivity contribution in [2.24, 2.45) is 0 Å². The van der Waals surface area contributed by atoms with Crippen molar-refractivity contribution in [3.05, 3.63) is 35.7 Å². The number of ether oxygens (including phenoxy) is 1. The Balaban J connectivity index is 1.96. The first-order valence-corrected chi connectivity index (χ1v) is 8.70. The molecule has 2 aromatic rings. The van der Waals surface area contributed by atoms with Crippen molar-refractivity contribution in [2.45, 2.75) is 39.1 Å². The first kappa shape index (κ1) is 23.1. The SMILES string of the molecule is CON(Cc1ccc(-c2noc(C(F)(F)F)n2)cc1)C(=O)CNC(=O)OC(C)(C)C. The summed E-state index contributed by atoms with van der Waals surface area (Å²) in [5, 5.41) is 6.66. The minimum Gasteiger partial charge on any atom is -0.444 e. The number of carbonyl (C=O) groups is 2. The molecule has 0 radical (unpaired) electrons. The number of rotatable bonds is 6. The molecule has 1 heterocycles. The summed E-state index contributed by atoms with van der Waals surface area (Å²) in [7, 11) is 1.29. The molecule has 30 heavy (non-hydrogen) atoms. The van der Waals surface area contributed by atoms with Crippen molar-refractivity contribution in [3.8, 4) is 11.4 Å². The highest BCUT2D eigenvalue weighted by Gasteiger charge is 2.38. The summed E-state index contributed by atoms with van der Waals surface area (Å²) >= 11 is 0. The zero-order valence-electron chi connectivity index (χ0n) is 16.7. The van der Waals surface area contributed by atoms with Gasteiger partial charge >= 0.3 is 18.2 Å². The van der Waals surface area contributed by atoms with Crippen LogP contribution in [0.4, 0.5) is 18.0 Å². The van der Waals surface area contributed by atoms with E-state index in [-0.39, 0.29) is 18.9 Å². The molecule has 0 aliphatic rings. The van der Waals surface area contributed by atoms with Gasteiger partial charge in [0, 0.05) is 5.56 Å². The van der Waals surface area contributed by atoms with E-state index in [0.29, 0.717) is 11.1 Å². The molecule has 0 aliphatic heterocycles. The number of benzene rings is 1. The van der Waals surface area contributed by atoms with Crippen molar-refractivity contribution >= 4 is 12.0 Å². The lowest BCUT2D eigenvalue weighted by atomic mass is 10.1. The predicted octanol–water partition coefficient (Wildman–Crippen LogP) is 3.17. The van der Waals surface area contributed by atoms with Crippen LogP contribution in [0.15, 0.2) is 28.8 Å². The molecule has 164 valence electrons. The number of halogens is 3. The second-order valence-corrected chi connectivity index (χ2v) is 7.09. The molecule has 0 spiro atoms. The quantitative estimate of drug-likeness (QED) is 0.702. The molecule has 1 aromatic heterocycles. The van der Waals surface area contributed by atoms with Crippen LogP contribution in [0.3, 0.4) is 0 Å². The second kappa shape index (κ2) is 9.11. The van der Waals surface area contributed by atoms with E-state index in [4.69, 9.17) is 9.57 Å². The highest BCUT2D eigenvalue weighted by molar-refractivity contribution is 5.81. The smallest absolute Gasteiger partial charge is 0.444 e. The van der Waals surface area contributed by atoms with Crippen LogP contribution in [0.5, 0.6) is 0 Å². The highest BCUT2D eigenvalue weighted by Crippen LogP contribution is 2.29. The van der Waals surface area contributed by atoms with Crippen LogP contribution in [0, 0.1) is 0 Å². The van der Waals surface area contributed by atoms with Gasteiger partial charge in [0.15, 0.2) is 0 Å². The summed E-state index contributed by atoms with van der Waals surface area (Å²) in [5.74, 6) is -2.18. The van der Waals surface area contributed by atoms with E-state index in [0.717, 1.165) is 5.06 Å². The van der Waals surface area contributed by atoms with Gasteiger partial charge < -0.3 is 14.6 Å². The maximum absolute atomic E-state index is 12.6. The zero-order chi connectivity index (χ0) is 22.5. The average Bonchev–Trinajstić information content (AvgIpc) is 3.14. The third-order valence-electron chi connectivity index (χ3n) is 3.49. The number of aromatic nitrogens is 2. The number of alkyl halides is 3. The van der Waals surface area contributed by atoms with E-state index in [1.165, 1.54) is 19.2 Å². The molecule has 0 unspecified atom stereocenters. The van der Waals surface area contributed by atoms with Crippen molar-refractivity contribution in [2.75, 3.05) is 13.7 Å². The number of amides is 2. The van der Waals surface area contributed by atoms with Crippen LogP contribution in [-0.4, -0.2) is 46.5 Å². The molecule has 1 N–H and O–H groups in total. The van der Waals surface area contributed by atoms with Gasteiger partial charge in [-0.1, -0.05) is 29.4 Å². The number of hydrogen-bond acceptors (Lipinski definition) is 7. The topological polar surface area (TPSA) is 107 Å². The summed E-state index contributed by atoms with van der Waals surface area (Å²) < 4.78 is 46.9. The van der Waals surface area contributed by atoms with Crippen LogP contribution in [0.2, 0.25) is 0 Å². The minimum absolute atomic E-state index is 0.0334. The fourth-order valence-corrected chi connectivity index (χ4v) is 2.19. The van der Waals surface area contributed by atoms with Crippen LogP contribution in [0.1, 0.15) is 32.2 Å². The van der Waals surface area contributed by atoms with Gasteiger partial charge in [0.25, 0.3) is 5.91 Å². The Morgan fingerprint density at radius 3 is 2.30 bits per heavy atom. The van der Waals surface area contributed by atoms with E-state index < -0.39 is 29.7 Å². The van der Waals surface area contributed by atoms with Crippen LogP contribution < -0.4 is 5.32 Å². The second-order valence-electron chi connectivity index (χ2n) is 7.09. The van der Waals surface area contributed by atoms with E-state index in [9.17, 15) is 22.8 Å². The average molecular weight is 430 g/mol. The standard InChI is InChI=1S/C18H21F3N4O5/c1-17(2,3)29-16(27)22-9-13(26)25(28-4)10-11-5-7-12(8-6-11)14-23-15(30-24-14)18(19,20)21/h5-8H,9-10H2,1-4H3,(H,22,27). The van der Waals surface area contributed by atoms with Gasteiger partial charge in [-0.15, -0.1) is 0 Å². The zero-order valence-corrected chi connectivity index (χ0v) is 16.7. The Morgan fingerprint density at radius 2 is 1.80 bits per heavy atom. The molecule has 0 saturated heterocycles. The molecule has 0 saturated carbocycles. The Labute approximate surface area is 170 Å². The lowest BCUT2D eigenvalue weighted by molar-refractivity contribution is -0.178. The number of hydroxylamine groups is 2. The Kier molecular flexibility index (Phi) is 7.03. The fourth-order valence-electron chi connectivity index (χ4n) is 2.19. The molecule has 0 atom stereocenters. The van der Waals surface area contributed by atoms with Crippen molar-refractivity contribution in [1.29, 1.82) is 0 Å². The molecule has 9 nitrogen and oxygen atoms in total. The number of nitrogens with one attached hydrogen (secondary N) is 1. The van der Waals surface area contributed by atoms with Crippen molar-refractivity contribution in [3.63, 3.8) is 0 Å². The summed E-state index contributed by atoms with van der Waals surface area (Å²) in [6, 6.07) is 6.11. The van der Waals surface area contributed by atoms with Gasteiger partial charge in [-0.2, -0.15) is 18.2 Å². The Bertz CT molecular complexity index is 875. The fraction of sp³-hybridized carbons (Fsp3) is 0.444. The van der Waals surface area contributed by atoms with Crippen molar-refractivity contribution in [1.82, 2.24) is 20.5 Å². The predicted molar refractivity (Wildman–Crippen MR) is 96.5 cm³/mol. The van der Waals surface area contributed by atoms with E-state index in [1.807, 2.05) is 0 Å². The Hall–Kier alpha value is -3.15. The highest BCUT2D eigenvalue weighted by atomic mass is 19.4. The Morgan fingerprint density at radius 1 is 1.17 bits per heavy atom. The molecule has 0 aliphatic carbocycles. The van der Waals surface area contributed by atoms with Crippen LogP contribution >= 0.6 is 0 Å². The number of carbonyl (C=O) groups excluding carboxylic acids is 2. The number of hydrogen-bond donors (Lipinski definition) is 1. The van der Waals surface area contributed by atoms with E-state index in [1.54, 1.807) is 32.9 Å². The van der Waals surface area contributed by atoms with Gasteiger partial charge in [-0.25, -0.2) is 9.86 Å². The maximum atomic E-state index is 12.6. The van der Waals surface area contributed by atoms with Gasteiger partial charge in [0.05, 0.1) is 13.7 Å². The van der Waals surface area contributed by atoms with Crippen LogP contribution in [0.25, 0.3) is 11.4 Å². The van der Waals surface area contributed by atoms with Gasteiger partial charge in [0.1, 0.15) is 12.1 Å². The first-order valence-electron chi connectivity index (χ1n) is 8.70. The third-order valence-corrected chi connectivity index (χ3v) is 3.49. The minimum atomic E-state index is -4.72. The summed E-state index contributed by atoms with van der Waals surface area (Å²) in [5.41, 5.74) is 0.223.